The van der Waals surface area contributed by atoms with Gasteiger partial charge in [0.1, 0.15) is 31.6 Å². The minimum Gasteiger partial charge on any atom is -0.497 e. The topological polar surface area (TPSA) is 211 Å². The van der Waals surface area contributed by atoms with E-state index in [0.29, 0.717) is 67.2 Å². The van der Waals surface area contributed by atoms with E-state index < -0.39 is 35.6 Å². The molecule has 2 atom stereocenters. The van der Waals surface area contributed by atoms with E-state index in [1.165, 1.54) is 0 Å². The van der Waals surface area contributed by atoms with Crippen molar-refractivity contribution in [1.82, 2.24) is 20.3 Å². The molecule has 0 spiro atoms. The number of hydrazine groups is 1. The molecule has 0 saturated heterocycles. The zero-order chi connectivity index (χ0) is 40.7. The largest absolute Gasteiger partial charge is 0.510 e. The van der Waals surface area contributed by atoms with E-state index in [9.17, 15) is 24.0 Å². The van der Waals surface area contributed by atoms with Crippen molar-refractivity contribution in [3.05, 3.63) is 86.7 Å². The van der Waals surface area contributed by atoms with Crippen LogP contribution in [-0.4, -0.2) is 66.4 Å². The third-order valence-corrected chi connectivity index (χ3v) is 10.3. The molecule has 2 aliphatic rings. The molecule has 0 aliphatic carbocycles. The summed E-state index contributed by atoms with van der Waals surface area (Å²) in [5.74, 6) is 4.43. The SMILES string of the molecule is CCOCC(=O)NC(CCCCNN)C(=O)Nc1ccc(COC(=O)OC2(CC)C(=O)OCc3c2cc2n(c3=O)Cc3c-2nc2ccc(OC)cc2c3CC)cc1. The summed E-state index contributed by atoms with van der Waals surface area (Å²) in [6.45, 7) is 6.05. The Balaban J connectivity index is 1.17. The third kappa shape index (κ3) is 8.48. The lowest BCUT2D eigenvalue weighted by atomic mass is 9.85. The highest BCUT2D eigenvalue weighted by Gasteiger charge is 2.51. The first-order chi connectivity index (χ1) is 27.6. The second-order valence-electron chi connectivity index (χ2n) is 13.8. The molecule has 0 fully saturated rings. The Hall–Kier alpha value is -5.84. The monoisotopic (exact) mass is 784 g/mol. The number of ether oxygens (including phenoxy) is 5. The molecule has 16 nitrogen and oxygen atoms in total. The number of hydrogen-bond acceptors (Lipinski definition) is 13. The van der Waals surface area contributed by atoms with Crippen molar-refractivity contribution in [1.29, 1.82) is 0 Å². The lowest BCUT2D eigenvalue weighted by Crippen LogP contribution is -2.47. The van der Waals surface area contributed by atoms with Crippen molar-refractivity contribution >= 4 is 40.5 Å². The fourth-order valence-corrected chi connectivity index (χ4v) is 7.33. The first-order valence-electron chi connectivity index (χ1n) is 19.1. The molecule has 4 aromatic rings. The molecule has 4 heterocycles. The maximum absolute atomic E-state index is 14.1. The average molecular weight is 785 g/mol. The molecule has 16 heteroatoms. The number of carbonyl (C=O) groups is 4. The van der Waals surface area contributed by atoms with Gasteiger partial charge in [0.25, 0.3) is 5.56 Å². The van der Waals surface area contributed by atoms with Crippen LogP contribution in [0, 0.1) is 0 Å². The van der Waals surface area contributed by atoms with E-state index in [0.717, 1.165) is 22.0 Å². The molecular weight excluding hydrogens is 736 g/mol. The number of anilines is 1. The maximum Gasteiger partial charge on any atom is 0.510 e. The van der Waals surface area contributed by atoms with Crippen LogP contribution < -0.4 is 32.2 Å². The first kappa shape index (κ1) is 40.8. The van der Waals surface area contributed by atoms with Crippen LogP contribution in [0.15, 0.2) is 53.3 Å². The van der Waals surface area contributed by atoms with E-state index in [4.69, 9.17) is 34.5 Å². The average Bonchev–Trinajstić information content (AvgIpc) is 3.59. The van der Waals surface area contributed by atoms with Crippen molar-refractivity contribution in [2.45, 2.75) is 84.3 Å². The van der Waals surface area contributed by atoms with Gasteiger partial charge < -0.3 is 38.9 Å². The second kappa shape index (κ2) is 18.0. The van der Waals surface area contributed by atoms with Gasteiger partial charge in [-0.1, -0.05) is 26.0 Å². The fraction of sp³-hybridized carbons (Fsp3) is 0.415. The number of benzene rings is 2. The van der Waals surface area contributed by atoms with Crippen LogP contribution in [0.1, 0.15) is 74.3 Å². The van der Waals surface area contributed by atoms with Gasteiger partial charge in [0.05, 0.1) is 36.1 Å². The number of nitrogens with two attached hydrogens (primary N) is 1. The molecule has 2 unspecified atom stereocenters. The van der Waals surface area contributed by atoms with Crippen molar-refractivity contribution < 1.29 is 42.9 Å². The second-order valence-corrected chi connectivity index (χ2v) is 13.8. The van der Waals surface area contributed by atoms with E-state index in [2.05, 4.69) is 16.1 Å². The molecular formula is C41H48N6O10. The Bertz CT molecular complexity index is 2220. The number of aromatic nitrogens is 2. The Labute approximate surface area is 329 Å². The zero-order valence-corrected chi connectivity index (χ0v) is 32.5. The van der Waals surface area contributed by atoms with Crippen LogP contribution in [0.25, 0.3) is 22.3 Å². The summed E-state index contributed by atoms with van der Waals surface area (Å²) in [7, 11) is 1.61. The van der Waals surface area contributed by atoms with E-state index in [-0.39, 0.29) is 49.5 Å². The van der Waals surface area contributed by atoms with Crippen molar-refractivity contribution in [3.63, 3.8) is 0 Å². The minimum atomic E-state index is -1.94. The van der Waals surface area contributed by atoms with Gasteiger partial charge in [-0.25, -0.2) is 14.6 Å². The number of nitrogens with one attached hydrogen (secondary N) is 3. The van der Waals surface area contributed by atoms with Crippen LogP contribution in [-0.2, 0) is 65.1 Å². The molecule has 2 amide bonds. The number of cyclic esters (lactones) is 1. The number of rotatable bonds is 17. The number of amides is 2. The fourth-order valence-electron chi connectivity index (χ4n) is 7.33. The van der Waals surface area contributed by atoms with Crippen LogP contribution >= 0.6 is 0 Å². The molecule has 6 rings (SSSR count). The number of hydrogen-bond donors (Lipinski definition) is 4. The number of esters is 1. The van der Waals surface area contributed by atoms with Crippen molar-refractivity contribution in [3.8, 4) is 17.1 Å². The maximum atomic E-state index is 14.1. The summed E-state index contributed by atoms with van der Waals surface area (Å²) in [4.78, 5) is 71.3. The molecule has 302 valence electrons. The predicted octanol–water partition coefficient (Wildman–Crippen LogP) is 4.11. The minimum absolute atomic E-state index is 0.0276. The van der Waals surface area contributed by atoms with Crippen molar-refractivity contribution in [2.75, 3.05) is 32.2 Å². The molecule has 0 saturated carbocycles. The quantitative estimate of drug-likeness (QED) is 0.0453. The summed E-state index contributed by atoms with van der Waals surface area (Å²) >= 11 is 0. The summed E-state index contributed by atoms with van der Waals surface area (Å²) < 4.78 is 29.0. The number of fused-ring (bicyclic) bond motifs is 5. The molecule has 0 bridgehead atoms. The van der Waals surface area contributed by atoms with E-state index in [1.807, 2.05) is 25.1 Å². The van der Waals surface area contributed by atoms with Gasteiger partial charge in [-0.2, -0.15) is 0 Å². The molecule has 0 radical (unpaired) electrons. The first-order valence-corrected chi connectivity index (χ1v) is 19.1. The third-order valence-electron chi connectivity index (χ3n) is 10.3. The van der Waals surface area contributed by atoms with Gasteiger partial charge in [-0.15, -0.1) is 0 Å². The molecule has 2 aliphatic heterocycles. The van der Waals surface area contributed by atoms with E-state index >= 15 is 0 Å². The van der Waals surface area contributed by atoms with Gasteiger partial charge >= 0.3 is 12.1 Å². The van der Waals surface area contributed by atoms with Gasteiger partial charge in [0, 0.05) is 35.4 Å². The number of carbonyl (C=O) groups excluding carboxylic acids is 4. The van der Waals surface area contributed by atoms with Crippen LogP contribution in [0.3, 0.4) is 0 Å². The number of methoxy groups -OCH3 is 1. The smallest absolute Gasteiger partial charge is 0.497 e. The Morgan fingerprint density at radius 1 is 1.04 bits per heavy atom. The highest BCUT2D eigenvalue weighted by atomic mass is 16.7. The summed E-state index contributed by atoms with van der Waals surface area (Å²) in [6.07, 6.45) is 1.28. The summed E-state index contributed by atoms with van der Waals surface area (Å²) in [5, 5.41) is 6.46. The number of pyridine rings is 2. The predicted molar refractivity (Wildman–Crippen MR) is 209 cm³/mol. The number of aryl methyl sites for hydroxylation is 1. The highest BCUT2D eigenvalue weighted by Crippen LogP contribution is 2.42. The van der Waals surface area contributed by atoms with Gasteiger partial charge in [-0.05, 0) is 86.6 Å². The molecule has 5 N–H and O–H groups in total. The van der Waals surface area contributed by atoms with Gasteiger partial charge in [-0.3, -0.25) is 25.7 Å². The van der Waals surface area contributed by atoms with Crippen LogP contribution in [0.2, 0.25) is 0 Å². The van der Waals surface area contributed by atoms with Crippen molar-refractivity contribution in [2.24, 2.45) is 5.84 Å². The summed E-state index contributed by atoms with van der Waals surface area (Å²) in [5.41, 5.74) is 5.56. The lowest BCUT2D eigenvalue weighted by Gasteiger charge is -2.35. The number of unbranched alkanes of at least 4 members (excludes halogenated alkanes) is 1. The highest BCUT2D eigenvalue weighted by molar-refractivity contribution is 5.97. The Morgan fingerprint density at radius 2 is 1.82 bits per heavy atom. The zero-order valence-electron chi connectivity index (χ0n) is 32.5. The van der Waals surface area contributed by atoms with Crippen LogP contribution in [0.5, 0.6) is 5.75 Å². The molecule has 2 aromatic carbocycles. The standard InChI is InChI=1S/C41H48N6O10/c1-5-27-28-18-26(53-4)15-16-32(28)46-36-29(27)20-47-34(36)19-31-30(38(47)50)22-55-39(51)41(31,6-2)57-40(52)56-21-24-11-13-25(14-12-24)44-37(49)33(10-8-9-17-43-42)45-35(48)23-54-7-3/h11-16,18-19,33,43H,5-10,17,20-23,42H2,1-4H3,(H,44,49)(H,45,48). The van der Waals surface area contributed by atoms with E-state index in [1.54, 1.807) is 55.9 Å². The van der Waals surface area contributed by atoms with Gasteiger partial charge in [0.2, 0.25) is 17.4 Å². The normalized spacial score (nSPS) is 15.8. The molecule has 57 heavy (non-hydrogen) atoms. The van der Waals surface area contributed by atoms with Gasteiger partial charge in [0.15, 0.2) is 0 Å². The Morgan fingerprint density at radius 3 is 2.53 bits per heavy atom. The van der Waals surface area contributed by atoms with Crippen LogP contribution in [0.4, 0.5) is 10.5 Å². The Kier molecular flexibility index (Phi) is 12.9. The molecule has 2 aromatic heterocycles. The number of nitrogens with zero attached hydrogens (tertiary/aromatic N) is 2. The summed E-state index contributed by atoms with van der Waals surface area (Å²) in [6, 6.07) is 13.1. The lowest BCUT2D eigenvalue weighted by molar-refractivity contribution is -0.175.